The molecular weight excluding hydrogens is 308 g/mol. The van der Waals surface area contributed by atoms with E-state index >= 15 is 0 Å². The lowest BCUT2D eigenvalue weighted by Gasteiger charge is -2.39. The van der Waals surface area contributed by atoms with Crippen molar-refractivity contribution in [2.45, 2.75) is 38.6 Å². The van der Waals surface area contributed by atoms with Gasteiger partial charge >= 0.3 is 0 Å². The first kappa shape index (κ1) is 15.4. The van der Waals surface area contributed by atoms with Crippen LogP contribution in [0.15, 0.2) is 30.3 Å². The Balaban J connectivity index is 1.60. The van der Waals surface area contributed by atoms with Gasteiger partial charge in [-0.05, 0) is 62.7 Å². The second-order valence-corrected chi connectivity index (χ2v) is 8.16. The molecule has 0 N–H and O–H groups in total. The van der Waals surface area contributed by atoms with E-state index in [1.165, 1.54) is 28.9 Å². The summed E-state index contributed by atoms with van der Waals surface area (Å²) in [6, 6.07) is 10.7. The maximum atomic E-state index is 13.4. The number of hydrogen-bond donors (Lipinski definition) is 0. The lowest BCUT2D eigenvalue weighted by atomic mass is 9.73. The van der Waals surface area contributed by atoms with Crippen LogP contribution >= 0.6 is 0 Å². The highest BCUT2D eigenvalue weighted by Crippen LogP contribution is 2.42. The van der Waals surface area contributed by atoms with Crippen LogP contribution in [0.25, 0.3) is 0 Å². The van der Waals surface area contributed by atoms with Crippen LogP contribution in [0.2, 0.25) is 0 Å². The summed E-state index contributed by atoms with van der Waals surface area (Å²) in [5, 5.41) is 0. The van der Waals surface area contributed by atoms with E-state index in [4.69, 9.17) is 0 Å². The zero-order chi connectivity index (χ0) is 17.0. The second-order valence-electron chi connectivity index (χ2n) is 8.16. The minimum atomic E-state index is 0.225. The molecule has 2 atom stereocenters. The van der Waals surface area contributed by atoms with Crippen molar-refractivity contribution in [1.82, 2.24) is 9.47 Å². The standard InChI is InChI=1S/C22H26N2O/c1-23-11-10-16-12-20-21(22(25)18(16)14-23)17-8-5-9-19(17)24(20)13-15-6-3-2-4-7-15/h2-4,6-7,16,18H,5,8-14H2,1H3/t16-,18+/m0/s1. The minimum Gasteiger partial charge on any atom is -0.343 e. The van der Waals surface area contributed by atoms with Gasteiger partial charge < -0.3 is 9.47 Å². The van der Waals surface area contributed by atoms with Crippen LogP contribution in [0.4, 0.5) is 0 Å². The van der Waals surface area contributed by atoms with Gasteiger partial charge in [-0.2, -0.15) is 0 Å². The highest BCUT2D eigenvalue weighted by atomic mass is 16.1. The second kappa shape index (κ2) is 5.84. The van der Waals surface area contributed by atoms with Crippen molar-refractivity contribution in [2.24, 2.45) is 11.8 Å². The molecule has 3 aliphatic rings. The van der Waals surface area contributed by atoms with E-state index in [0.717, 1.165) is 50.9 Å². The van der Waals surface area contributed by atoms with Gasteiger partial charge in [-0.1, -0.05) is 30.3 Å². The van der Waals surface area contributed by atoms with Crippen molar-refractivity contribution in [3.63, 3.8) is 0 Å². The molecule has 2 heterocycles. The molecule has 0 bridgehead atoms. The van der Waals surface area contributed by atoms with Crippen LogP contribution in [0.5, 0.6) is 0 Å². The Morgan fingerprint density at radius 3 is 2.80 bits per heavy atom. The van der Waals surface area contributed by atoms with Gasteiger partial charge in [0.05, 0.1) is 0 Å². The fourth-order valence-corrected chi connectivity index (χ4v) is 5.37. The van der Waals surface area contributed by atoms with E-state index in [1.54, 1.807) is 0 Å². The maximum absolute atomic E-state index is 13.4. The van der Waals surface area contributed by atoms with Crippen LogP contribution in [0, 0.1) is 11.8 Å². The molecule has 0 spiro atoms. The van der Waals surface area contributed by atoms with Gasteiger partial charge in [-0.3, -0.25) is 4.79 Å². The zero-order valence-corrected chi connectivity index (χ0v) is 15.0. The molecule has 1 aromatic carbocycles. The summed E-state index contributed by atoms with van der Waals surface area (Å²) in [7, 11) is 2.16. The van der Waals surface area contributed by atoms with Crippen molar-refractivity contribution < 1.29 is 4.79 Å². The van der Waals surface area contributed by atoms with Crippen molar-refractivity contribution >= 4 is 5.78 Å². The van der Waals surface area contributed by atoms with Crippen LogP contribution in [0.1, 0.15) is 45.7 Å². The van der Waals surface area contributed by atoms with Gasteiger partial charge in [0.25, 0.3) is 0 Å². The Bertz CT molecular complexity index is 820. The Kier molecular flexibility index (Phi) is 3.60. The molecule has 3 heteroatoms. The Hall–Kier alpha value is -1.87. The molecule has 1 aromatic heterocycles. The van der Waals surface area contributed by atoms with Gasteiger partial charge in [-0.15, -0.1) is 0 Å². The van der Waals surface area contributed by atoms with E-state index < -0.39 is 0 Å². The molecule has 1 fully saturated rings. The van der Waals surface area contributed by atoms with E-state index in [1.807, 2.05) is 0 Å². The number of likely N-dealkylation sites (tertiary alicyclic amines) is 1. The van der Waals surface area contributed by atoms with E-state index in [-0.39, 0.29) is 5.92 Å². The Morgan fingerprint density at radius 2 is 1.96 bits per heavy atom. The summed E-state index contributed by atoms with van der Waals surface area (Å²) in [6.07, 6.45) is 5.69. The normalized spacial score (nSPS) is 25.6. The van der Waals surface area contributed by atoms with E-state index in [9.17, 15) is 4.79 Å². The highest BCUT2D eigenvalue weighted by molar-refractivity contribution is 6.02. The topological polar surface area (TPSA) is 25.2 Å². The first-order chi connectivity index (χ1) is 12.2. The van der Waals surface area contributed by atoms with Crippen molar-refractivity contribution in [1.29, 1.82) is 0 Å². The quantitative estimate of drug-likeness (QED) is 0.842. The summed E-state index contributed by atoms with van der Waals surface area (Å²) < 4.78 is 2.51. The van der Waals surface area contributed by atoms with Gasteiger partial charge in [0.1, 0.15) is 0 Å². The monoisotopic (exact) mass is 334 g/mol. The fraction of sp³-hybridized carbons (Fsp3) is 0.500. The summed E-state index contributed by atoms with van der Waals surface area (Å²) in [5.41, 5.74) is 6.66. The predicted octanol–water partition coefficient (Wildman–Crippen LogP) is 3.33. The highest BCUT2D eigenvalue weighted by Gasteiger charge is 2.43. The molecule has 2 aliphatic carbocycles. The SMILES string of the molecule is CN1CC[C@H]2Cc3c(c4c(n3Cc3ccccc3)CCC4)C(=O)[C@@H]2C1. The van der Waals surface area contributed by atoms with Crippen LogP contribution in [-0.2, 0) is 25.8 Å². The molecule has 0 saturated carbocycles. The molecule has 130 valence electrons. The lowest BCUT2D eigenvalue weighted by Crippen LogP contribution is -2.45. The van der Waals surface area contributed by atoms with Gasteiger partial charge in [0, 0.05) is 36.0 Å². The molecule has 1 saturated heterocycles. The fourth-order valence-electron chi connectivity index (χ4n) is 5.37. The minimum absolute atomic E-state index is 0.225. The third kappa shape index (κ3) is 2.40. The number of Topliss-reactive ketones (excluding diaryl/α,β-unsaturated/α-hetero) is 1. The maximum Gasteiger partial charge on any atom is 0.169 e. The van der Waals surface area contributed by atoms with Crippen LogP contribution in [-0.4, -0.2) is 35.4 Å². The first-order valence-electron chi connectivity index (χ1n) is 9.72. The van der Waals surface area contributed by atoms with Gasteiger partial charge in [0.15, 0.2) is 5.78 Å². The van der Waals surface area contributed by atoms with Crippen molar-refractivity contribution in [2.75, 3.05) is 20.1 Å². The summed E-state index contributed by atoms with van der Waals surface area (Å²) in [4.78, 5) is 15.7. The van der Waals surface area contributed by atoms with Gasteiger partial charge in [0.2, 0.25) is 0 Å². The molecule has 0 radical (unpaired) electrons. The number of ketones is 1. The average Bonchev–Trinajstić information content (AvgIpc) is 3.19. The molecule has 1 aliphatic heterocycles. The zero-order valence-electron chi connectivity index (χ0n) is 15.0. The summed E-state index contributed by atoms with van der Waals surface area (Å²) in [6.45, 7) is 2.99. The summed E-state index contributed by atoms with van der Waals surface area (Å²) in [5.74, 6) is 1.21. The van der Waals surface area contributed by atoms with Crippen LogP contribution < -0.4 is 0 Å². The molecular formula is C22H26N2O. The Labute approximate surface area is 149 Å². The smallest absolute Gasteiger partial charge is 0.169 e. The lowest BCUT2D eigenvalue weighted by molar-refractivity contribution is 0.0702. The molecule has 2 aromatic rings. The molecule has 0 amide bonds. The third-order valence-electron chi connectivity index (χ3n) is 6.61. The molecule has 3 nitrogen and oxygen atoms in total. The number of aromatic nitrogens is 1. The predicted molar refractivity (Wildman–Crippen MR) is 99.1 cm³/mol. The number of hydrogen-bond acceptors (Lipinski definition) is 2. The first-order valence-corrected chi connectivity index (χ1v) is 9.72. The third-order valence-corrected chi connectivity index (χ3v) is 6.61. The Morgan fingerprint density at radius 1 is 1.12 bits per heavy atom. The average molecular weight is 334 g/mol. The number of carbonyl (C=O) groups excluding carboxylic acids is 1. The number of carbonyl (C=O) groups is 1. The van der Waals surface area contributed by atoms with E-state index in [2.05, 4.69) is 46.8 Å². The molecule has 0 unspecified atom stereocenters. The van der Waals surface area contributed by atoms with Crippen LogP contribution in [0.3, 0.4) is 0 Å². The van der Waals surface area contributed by atoms with Crippen molar-refractivity contribution in [3.8, 4) is 0 Å². The number of piperidine rings is 1. The van der Waals surface area contributed by atoms with E-state index in [0.29, 0.717) is 11.7 Å². The summed E-state index contributed by atoms with van der Waals surface area (Å²) >= 11 is 0. The number of benzene rings is 1. The van der Waals surface area contributed by atoms with Crippen molar-refractivity contribution in [3.05, 3.63) is 58.4 Å². The molecule has 25 heavy (non-hydrogen) atoms. The number of nitrogens with zero attached hydrogens (tertiary/aromatic N) is 2. The number of fused-ring (bicyclic) bond motifs is 4. The number of rotatable bonds is 2. The van der Waals surface area contributed by atoms with Gasteiger partial charge in [-0.25, -0.2) is 0 Å². The largest absolute Gasteiger partial charge is 0.343 e. The molecule has 5 rings (SSSR count).